The average molecular weight is 303 g/mol. The zero-order chi connectivity index (χ0) is 15.9. The first kappa shape index (κ1) is 16.7. The summed E-state index contributed by atoms with van der Waals surface area (Å²) in [6.07, 6.45) is 6.10. The Morgan fingerprint density at radius 1 is 1.23 bits per heavy atom. The van der Waals surface area contributed by atoms with Gasteiger partial charge >= 0.3 is 0 Å². The van der Waals surface area contributed by atoms with E-state index in [2.05, 4.69) is 16.9 Å². The number of rotatable bonds is 3. The maximum atomic E-state index is 13.6. The zero-order valence-electron chi connectivity index (χ0n) is 13.8. The van der Waals surface area contributed by atoms with Gasteiger partial charge < -0.3 is 0 Å². The van der Waals surface area contributed by atoms with Crippen LogP contribution in [-0.2, 0) is 6.54 Å². The molecule has 1 fully saturated rings. The lowest BCUT2D eigenvalue weighted by molar-refractivity contribution is 0.185. The molecule has 3 nitrogen and oxygen atoms in total. The molecule has 2 heterocycles. The summed E-state index contributed by atoms with van der Waals surface area (Å²) in [7, 11) is 0. The first-order valence-electron chi connectivity index (χ1n) is 8.23. The quantitative estimate of drug-likeness (QED) is 0.844. The molecule has 1 aliphatic rings. The molecule has 2 aromatic rings. The molecule has 120 valence electrons. The van der Waals surface area contributed by atoms with Crippen LogP contribution >= 0.6 is 0 Å². The van der Waals surface area contributed by atoms with E-state index < -0.39 is 0 Å². The van der Waals surface area contributed by atoms with Crippen molar-refractivity contribution in [2.24, 2.45) is 5.92 Å². The van der Waals surface area contributed by atoms with E-state index >= 15 is 0 Å². The summed E-state index contributed by atoms with van der Waals surface area (Å²) in [4.78, 5) is 2.40. The lowest BCUT2D eigenvalue weighted by Gasteiger charge is -2.30. The minimum absolute atomic E-state index is 0.179. The van der Waals surface area contributed by atoms with E-state index in [9.17, 15) is 4.39 Å². The fourth-order valence-electron chi connectivity index (χ4n) is 2.78. The second-order valence-corrected chi connectivity index (χ2v) is 5.68. The fraction of sp³-hybridized carbons (Fsp3) is 0.500. The predicted molar refractivity (Wildman–Crippen MR) is 88.5 cm³/mol. The molecule has 0 unspecified atom stereocenters. The van der Waals surface area contributed by atoms with Gasteiger partial charge in [0.05, 0.1) is 5.69 Å². The van der Waals surface area contributed by atoms with Crippen LogP contribution in [0.1, 0.15) is 39.2 Å². The first-order chi connectivity index (χ1) is 10.7. The van der Waals surface area contributed by atoms with Gasteiger partial charge in [0, 0.05) is 18.9 Å². The van der Waals surface area contributed by atoms with Gasteiger partial charge in [-0.25, -0.2) is 9.07 Å². The Hall–Kier alpha value is -1.68. The maximum absolute atomic E-state index is 13.6. The van der Waals surface area contributed by atoms with Crippen LogP contribution in [0.2, 0.25) is 0 Å². The summed E-state index contributed by atoms with van der Waals surface area (Å²) in [5.74, 6) is 0.630. The molecule has 0 N–H and O–H groups in total. The third-order valence-corrected chi connectivity index (χ3v) is 4.06. The summed E-state index contributed by atoms with van der Waals surface area (Å²) >= 11 is 0. The number of nitrogens with zero attached hydrogens (tertiary/aromatic N) is 3. The van der Waals surface area contributed by atoms with Gasteiger partial charge in [0.15, 0.2) is 0 Å². The molecule has 0 spiro atoms. The van der Waals surface area contributed by atoms with E-state index in [0.717, 1.165) is 36.8 Å². The van der Waals surface area contributed by atoms with Crippen molar-refractivity contribution < 1.29 is 4.39 Å². The van der Waals surface area contributed by atoms with E-state index in [1.54, 1.807) is 16.9 Å². The van der Waals surface area contributed by atoms with Crippen LogP contribution in [0.25, 0.3) is 5.69 Å². The standard InChI is InChI=1S/C16H20FN3.C2H6/c1-13-5-9-19(10-6-13)12-14-11-15(17)3-4-16(14)20-8-2-7-18-20;1-2/h2-4,7-8,11,13H,5-6,9-10,12H2,1H3;1-2H3. The zero-order valence-corrected chi connectivity index (χ0v) is 13.8. The van der Waals surface area contributed by atoms with Crippen molar-refractivity contribution in [2.45, 2.75) is 40.2 Å². The smallest absolute Gasteiger partial charge is 0.123 e. The van der Waals surface area contributed by atoms with Crippen molar-refractivity contribution in [3.8, 4) is 5.69 Å². The minimum atomic E-state index is -0.179. The highest BCUT2D eigenvalue weighted by Crippen LogP contribution is 2.22. The summed E-state index contributed by atoms with van der Waals surface area (Å²) in [6, 6.07) is 6.83. The van der Waals surface area contributed by atoms with Gasteiger partial charge in [0.25, 0.3) is 0 Å². The van der Waals surface area contributed by atoms with Gasteiger partial charge in [0.2, 0.25) is 0 Å². The van der Waals surface area contributed by atoms with Crippen molar-refractivity contribution in [1.82, 2.24) is 14.7 Å². The van der Waals surface area contributed by atoms with Crippen molar-refractivity contribution in [3.63, 3.8) is 0 Å². The van der Waals surface area contributed by atoms with Gasteiger partial charge in [-0.3, -0.25) is 4.90 Å². The number of hydrogen-bond acceptors (Lipinski definition) is 2. The van der Waals surface area contributed by atoms with Gasteiger partial charge in [-0.15, -0.1) is 0 Å². The second kappa shape index (κ2) is 8.08. The van der Waals surface area contributed by atoms with Crippen LogP contribution in [0, 0.1) is 11.7 Å². The number of hydrogen-bond donors (Lipinski definition) is 0. The van der Waals surface area contributed by atoms with Crippen LogP contribution in [0.4, 0.5) is 4.39 Å². The third kappa shape index (κ3) is 4.17. The summed E-state index contributed by atoms with van der Waals surface area (Å²) in [6.45, 7) is 9.28. The molecule has 0 radical (unpaired) electrons. The molecule has 0 bridgehead atoms. The molecule has 4 heteroatoms. The summed E-state index contributed by atoms with van der Waals surface area (Å²) < 4.78 is 15.4. The molecule has 0 aliphatic carbocycles. The SMILES string of the molecule is CC.CC1CCN(Cc2cc(F)ccc2-n2cccn2)CC1. The van der Waals surface area contributed by atoms with E-state index in [0.29, 0.717) is 0 Å². The molecular formula is C18H26FN3. The Labute approximate surface area is 132 Å². The molecule has 3 rings (SSSR count). The Balaban J connectivity index is 0.000000847. The van der Waals surface area contributed by atoms with Crippen LogP contribution < -0.4 is 0 Å². The molecular weight excluding hydrogens is 277 g/mol. The second-order valence-electron chi connectivity index (χ2n) is 5.68. The lowest BCUT2D eigenvalue weighted by Crippen LogP contribution is -2.32. The average Bonchev–Trinajstić information content (AvgIpc) is 3.06. The molecule has 1 aromatic heterocycles. The van der Waals surface area contributed by atoms with Crippen molar-refractivity contribution in [2.75, 3.05) is 13.1 Å². The number of benzene rings is 1. The Kier molecular flexibility index (Phi) is 6.13. The van der Waals surface area contributed by atoms with E-state index in [1.165, 1.54) is 18.9 Å². The monoisotopic (exact) mass is 303 g/mol. The highest BCUT2D eigenvalue weighted by molar-refractivity contribution is 5.40. The van der Waals surface area contributed by atoms with Gasteiger partial charge in [-0.2, -0.15) is 5.10 Å². The van der Waals surface area contributed by atoms with Crippen LogP contribution in [0.3, 0.4) is 0 Å². The fourth-order valence-corrected chi connectivity index (χ4v) is 2.78. The minimum Gasteiger partial charge on any atom is -0.299 e. The van der Waals surface area contributed by atoms with Crippen LogP contribution in [-0.4, -0.2) is 27.8 Å². The van der Waals surface area contributed by atoms with Crippen molar-refractivity contribution in [3.05, 3.63) is 48.0 Å². The molecule has 1 saturated heterocycles. The highest BCUT2D eigenvalue weighted by atomic mass is 19.1. The van der Waals surface area contributed by atoms with E-state index in [4.69, 9.17) is 0 Å². The Morgan fingerprint density at radius 2 is 1.95 bits per heavy atom. The Bertz CT molecular complexity index is 558. The highest BCUT2D eigenvalue weighted by Gasteiger charge is 2.17. The molecule has 0 saturated carbocycles. The number of halogens is 1. The largest absolute Gasteiger partial charge is 0.299 e. The molecule has 1 aliphatic heterocycles. The number of likely N-dealkylation sites (tertiary alicyclic amines) is 1. The van der Waals surface area contributed by atoms with Crippen molar-refractivity contribution in [1.29, 1.82) is 0 Å². The normalized spacial score (nSPS) is 16.2. The number of aromatic nitrogens is 2. The van der Waals surface area contributed by atoms with Gasteiger partial charge in [-0.05, 0) is 61.7 Å². The van der Waals surface area contributed by atoms with Crippen LogP contribution in [0.15, 0.2) is 36.7 Å². The molecule has 1 aromatic carbocycles. The van der Waals surface area contributed by atoms with Crippen molar-refractivity contribution >= 4 is 0 Å². The number of piperidine rings is 1. The predicted octanol–water partition coefficient (Wildman–Crippen LogP) is 4.27. The van der Waals surface area contributed by atoms with E-state index in [1.807, 2.05) is 32.2 Å². The topological polar surface area (TPSA) is 21.1 Å². The Morgan fingerprint density at radius 3 is 2.59 bits per heavy atom. The van der Waals surface area contributed by atoms with Crippen LogP contribution in [0.5, 0.6) is 0 Å². The molecule has 0 amide bonds. The van der Waals surface area contributed by atoms with E-state index in [-0.39, 0.29) is 5.82 Å². The summed E-state index contributed by atoms with van der Waals surface area (Å²) in [5, 5.41) is 4.26. The first-order valence-corrected chi connectivity index (χ1v) is 8.23. The lowest BCUT2D eigenvalue weighted by atomic mass is 9.98. The van der Waals surface area contributed by atoms with Gasteiger partial charge in [-0.1, -0.05) is 20.8 Å². The molecule has 22 heavy (non-hydrogen) atoms. The van der Waals surface area contributed by atoms with Gasteiger partial charge in [0.1, 0.15) is 5.82 Å². The third-order valence-electron chi connectivity index (χ3n) is 4.06. The molecule has 0 atom stereocenters. The summed E-state index contributed by atoms with van der Waals surface area (Å²) in [5.41, 5.74) is 1.97. The maximum Gasteiger partial charge on any atom is 0.123 e.